The maximum atomic E-state index is 3.68. The molecule has 1 aliphatic rings. The third-order valence-electron chi connectivity index (χ3n) is 3.89. The lowest BCUT2D eigenvalue weighted by Crippen LogP contribution is -2.07. The monoisotopic (exact) mass is 315 g/mol. The molecule has 1 atom stereocenters. The number of nitrogens with one attached hydrogen (secondary N) is 1. The molecule has 1 aliphatic carbocycles. The topological polar surface area (TPSA) is 12.0 Å². The van der Waals surface area contributed by atoms with Crippen LogP contribution in [0.25, 0.3) is 0 Å². The van der Waals surface area contributed by atoms with Crippen molar-refractivity contribution in [1.82, 2.24) is 0 Å². The zero-order chi connectivity index (χ0) is 13.2. The number of fused-ring (bicyclic) bond motifs is 1. The summed E-state index contributed by atoms with van der Waals surface area (Å²) in [6.45, 7) is 2.20. The van der Waals surface area contributed by atoms with Gasteiger partial charge in [-0.05, 0) is 54.2 Å². The molecule has 0 aliphatic heterocycles. The van der Waals surface area contributed by atoms with Gasteiger partial charge in [0.25, 0.3) is 0 Å². The summed E-state index contributed by atoms with van der Waals surface area (Å²) in [5, 5.41) is 3.68. The average molecular weight is 316 g/mol. The van der Waals surface area contributed by atoms with Crippen molar-refractivity contribution in [1.29, 1.82) is 0 Å². The molecule has 0 fully saturated rings. The highest BCUT2D eigenvalue weighted by atomic mass is 79.9. The van der Waals surface area contributed by atoms with Crippen molar-refractivity contribution >= 4 is 21.6 Å². The van der Waals surface area contributed by atoms with Crippen LogP contribution in [0, 0.1) is 0 Å². The first-order valence-electron chi connectivity index (χ1n) is 6.90. The Labute approximate surface area is 123 Å². The van der Waals surface area contributed by atoms with Gasteiger partial charge in [-0.3, -0.25) is 0 Å². The fourth-order valence-corrected chi connectivity index (χ4v) is 3.42. The van der Waals surface area contributed by atoms with Crippen molar-refractivity contribution in [2.75, 3.05) is 5.32 Å². The summed E-state index contributed by atoms with van der Waals surface area (Å²) in [6, 6.07) is 15.7. The van der Waals surface area contributed by atoms with Crippen LogP contribution in [0.5, 0.6) is 0 Å². The minimum Gasteiger partial charge on any atom is -0.378 e. The Kier molecular flexibility index (Phi) is 3.61. The van der Waals surface area contributed by atoms with E-state index in [-0.39, 0.29) is 0 Å². The SMILES string of the molecule is CCc1cccc(NC2CCc3c(Br)cccc32)c1. The Morgan fingerprint density at radius 3 is 2.89 bits per heavy atom. The molecule has 2 heteroatoms. The zero-order valence-electron chi connectivity index (χ0n) is 11.1. The quantitative estimate of drug-likeness (QED) is 0.829. The van der Waals surface area contributed by atoms with Crippen LogP contribution in [0.1, 0.15) is 36.1 Å². The lowest BCUT2D eigenvalue weighted by Gasteiger charge is -2.16. The number of hydrogen-bond acceptors (Lipinski definition) is 1. The van der Waals surface area contributed by atoms with E-state index in [2.05, 4.69) is 70.6 Å². The van der Waals surface area contributed by atoms with E-state index in [1.54, 1.807) is 0 Å². The molecule has 0 heterocycles. The van der Waals surface area contributed by atoms with E-state index in [4.69, 9.17) is 0 Å². The molecule has 0 bridgehead atoms. The van der Waals surface area contributed by atoms with Gasteiger partial charge in [-0.1, -0.05) is 47.1 Å². The Hall–Kier alpha value is -1.28. The second-order valence-corrected chi connectivity index (χ2v) is 5.95. The molecule has 1 nitrogen and oxygen atoms in total. The molecule has 0 radical (unpaired) electrons. The van der Waals surface area contributed by atoms with Crippen LogP contribution < -0.4 is 5.32 Å². The lowest BCUT2D eigenvalue weighted by molar-refractivity contribution is 0.761. The summed E-state index contributed by atoms with van der Waals surface area (Å²) >= 11 is 3.66. The van der Waals surface area contributed by atoms with Gasteiger partial charge in [0.05, 0.1) is 6.04 Å². The van der Waals surface area contributed by atoms with E-state index in [9.17, 15) is 0 Å². The second kappa shape index (κ2) is 5.38. The van der Waals surface area contributed by atoms with E-state index in [0.717, 1.165) is 12.8 Å². The highest BCUT2D eigenvalue weighted by Crippen LogP contribution is 2.37. The predicted molar refractivity (Wildman–Crippen MR) is 84.6 cm³/mol. The third-order valence-corrected chi connectivity index (χ3v) is 4.63. The smallest absolute Gasteiger partial charge is 0.0520 e. The molecular formula is C17H18BrN. The van der Waals surface area contributed by atoms with Crippen molar-refractivity contribution in [3.63, 3.8) is 0 Å². The Bertz CT molecular complexity index is 592. The van der Waals surface area contributed by atoms with Crippen molar-refractivity contribution in [2.45, 2.75) is 32.2 Å². The summed E-state index contributed by atoms with van der Waals surface area (Å²) in [7, 11) is 0. The van der Waals surface area contributed by atoms with Gasteiger partial charge in [0.1, 0.15) is 0 Å². The van der Waals surface area contributed by atoms with Crippen LogP contribution in [0.2, 0.25) is 0 Å². The van der Waals surface area contributed by atoms with E-state index in [1.165, 1.54) is 33.3 Å². The normalized spacial score (nSPS) is 17.3. The van der Waals surface area contributed by atoms with Gasteiger partial charge in [0.15, 0.2) is 0 Å². The molecule has 2 aromatic carbocycles. The largest absolute Gasteiger partial charge is 0.378 e. The number of rotatable bonds is 3. The molecular weight excluding hydrogens is 298 g/mol. The maximum absolute atomic E-state index is 3.68. The molecule has 98 valence electrons. The molecule has 0 amide bonds. The van der Waals surface area contributed by atoms with Gasteiger partial charge < -0.3 is 5.32 Å². The van der Waals surface area contributed by atoms with Crippen molar-refractivity contribution in [2.24, 2.45) is 0 Å². The number of halogens is 1. The van der Waals surface area contributed by atoms with Gasteiger partial charge >= 0.3 is 0 Å². The van der Waals surface area contributed by atoms with Crippen LogP contribution in [-0.4, -0.2) is 0 Å². The number of aryl methyl sites for hydroxylation is 1. The molecule has 0 saturated carbocycles. The first kappa shape index (κ1) is 12.7. The third kappa shape index (κ3) is 2.55. The summed E-state index contributed by atoms with van der Waals surface area (Å²) in [4.78, 5) is 0. The van der Waals surface area contributed by atoms with Crippen LogP contribution in [0.4, 0.5) is 5.69 Å². The first-order chi connectivity index (χ1) is 9.28. The second-order valence-electron chi connectivity index (χ2n) is 5.10. The molecule has 1 unspecified atom stereocenters. The number of anilines is 1. The van der Waals surface area contributed by atoms with E-state index in [1.807, 2.05) is 0 Å². The Morgan fingerprint density at radius 2 is 2.05 bits per heavy atom. The van der Waals surface area contributed by atoms with Crippen molar-refractivity contribution in [3.05, 3.63) is 63.6 Å². The lowest BCUT2D eigenvalue weighted by atomic mass is 10.1. The molecule has 0 spiro atoms. The summed E-state index contributed by atoms with van der Waals surface area (Å²) < 4.78 is 1.25. The van der Waals surface area contributed by atoms with Gasteiger partial charge in [0, 0.05) is 10.2 Å². The van der Waals surface area contributed by atoms with Crippen LogP contribution >= 0.6 is 15.9 Å². The highest BCUT2D eigenvalue weighted by Gasteiger charge is 2.23. The summed E-state index contributed by atoms with van der Waals surface area (Å²) in [5.41, 5.74) is 5.53. The molecule has 2 aromatic rings. The van der Waals surface area contributed by atoms with E-state index < -0.39 is 0 Å². The van der Waals surface area contributed by atoms with Gasteiger partial charge in [-0.2, -0.15) is 0 Å². The Morgan fingerprint density at radius 1 is 1.21 bits per heavy atom. The minimum atomic E-state index is 0.444. The summed E-state index contributed by atoms with van der Waals surface area (Å²) in [6.07, 6.45) is 3.42. The van der Waals surface area contributed by atoms with Gasteiger partial charge in [0.2, 0.25) is 0 Å². The molecule has 0 aromatic heterocycles. The molecule has 0 saturated heterocycles. The number of benzene rings is 2. The summed E-state index contributed by atoms with van der Waals surface area (Å²) in [5.74, 6) is 0. The van der Waals surface area contributed by atoms with E-state index in [0.29, 0.717) is 6.04 Å². The highest BCUT2D eigenvalue weighted by molar-refractivity contribution is 9.10. The fraction of sp³-hybridized carbons (Fsp3) is 0.294. The average Bonchev–Trinajstić information content (AvgIpc) is 2.84. The number of hydrogen-bond donors (Lipinski definition) is 1. The van der Waals surface area contributed by atoms with Crippen LogP contribution in [0.15, 0.2) is 46.9 Å². The zero-order valence-corrected chi connectivity index (χ0v) is 12.7. The fourth-order valence-electron chi connectivity index (χ4n) is 2.84. The van der Waals surface area contributed by atoms with Crippen LogP contribution in [-0.2, 0) is 12.8 Å². The standard InChI is InChI=1S/C17H18BrN/c1-2-12-5-3-6-13(11-12)19-17-10-9-14-15(17)7-4-8-16(14)18/h3-8,11,17,19H,2,9-10H2,1H3. The van der Waals surface area contributed by atoms with Gasteiger partial charge in [-0.25, -0.2) is 0 Å². The van der Waals surface area contributed by atoms with E-state index >= 15 is 0 Å². The van der Waals surface area contributed by atoms with Gasteiger partial charge in [-0.15, -0.1) is 0 Å². The first-order valence-corrected chi connectivity index (χ1v) is 7.70. The molecule has 19 heavy (non-hydrogen) atoms. The molecule has 1 N–H and O–H groups in total. The van der Waals surface area contributed by atoms with Crippen molar-refractivity contribution < 1.29 is 0 Å². The van der Waals surface area contributed by atoms with Crippen LogP contribution in [0.3, 0.4) is 0 Å². The predicted octanol–water partition coefficient (Wildman–Crippen LogP) is 5.11. The van der Waals surface area contributed by atoms with Crippen molar-refractivity contribution in [3.8, 4) is 0 Å². The maximum Gasteiger partial charge on any atom is 0.0520 e. The molecule has 3 rings (SSSR count). The minimum absolute atomic E-state index is 0.444. The Balaban J connectivity index is 1.84.